The minimum Gasteiger partial charge on any atom is -0.316 e. The molecule has 0 amide bonds. The van der Waals surface area contributed by atoms with Gasteiger partial charge >= 0.3 is 0 Å². The van der Waals surface area contributed by atoms with E-state index in [1.54, 1.807) is 12.1 Å². The van der Waals surface area contributed by atoms with Crippen LogP contribution in [0.25, 0.3) is 0 Å². The van der Waals surface area contributed by atoms with Gasteiger partial charge in [0.2, 0.25) is 0 Å². The molecule has 1 aliphatic heterocycles. The second kappa shape index (κ2) is 6.49. The first-order valence-electron chi connectivity index (χ1n) is 7.29. The largest absolute Gasteiger partial charge is 0.316 e. The van der Waals surface area contributed by atoms with Crippen LogP contribution in [0.2, 0.25) is 0 Å². The number of hydrogen-bond donors (Lipinski definition) is 2. The number of nitrogens with one attached hydrogen (secondary N) is 2. The van der Waals surface area contributed by atoms with Crippen molar-refractivity contribution in [1.29, 1.82) is 0 Å². The topological polar surface area (TPSA) is 24.1 Å². The van der Waals surface area contributed by atoms with Crippen LogP contribution in [-0.4, -0.2) is 25.7 Å². The molecule has 0 saturated carbocycles. The van der Waals surface area contributed by atoms with E-state index < -0.39 is 0 Å². The zero-order valence-electron chi connectivity index (χ0n) is 12.0. The molecule has 0 spiro atoms. The lowest BCUT2D eigenvalue weighted by molar-refractivity contribution is 0.430. The molecular weight excluding hydrogens is 239 g/mol. The highest BCUT2D eigenvalue weighted by molar-refractivity contribution is 5.25. The Balaban J connectivity index is 1.79. The summed E-state index contributed by atoms with van der Waals surface area (Å²) in [7, 11) is 0. The third kappa shape index (κ3) is 4.02. The minimum atomic E-state index is -0.172. The first-order valence-corrected chi connectivity index (χ1v) is 7.29. The molecule has 1 atom stereocenters. The summed E-state index contributed by atoms with van der Waals surface area (Å²) in [6, 6.07) is 7.75. The summed E-state index contributed by atoms with van der Waals surface area (Å²) in [5, 5.41) is 6.97. The van der Waals surface area contributed by atoms with E-state index in [4.69, 9.17) is 0 Å². The van der Waals surface area contributed by atoms with Gasteiger partial charge in [-0.05, 0) is 44.0 Å². The lowest BCUT2D eigenvalue weighted by Crippen LogP contribution is -2.36. The van der Waals surface area contributed by atoms with E-state index in [1.807, 2.05) is 12.1 Å². The fourth-order valence-electron chi connectivity index (χ4n) is 2.79. The summed E-state index contributed by atoms with van der Waals surface area (Å²) in [5.74, 6) is -0.105. The van der Waals surface area contributed by atoms with Crippen LogP contribution in [0, 0.1) is 5.82 Å². The third-order valence-electron chi connectivity index (χ3n) is 4.00. The van der Waals surface area contributed by atoms with E-state index in [0.29, 0.717) is 6.04 Å². The van der Waals surface area contributed by atoms with Crippen molar-refractivity contribution in [2.24, 2.45) is 0 Å². The maximum atomic E-state index is 13.8. The average Bonchev–Trinajstić information content (AvgIpc) is 2.88. The highest BCUT2D eigenvalue weighted by Gasteiger charge is 2.23. The Bertz CT molecular complexity index is 397. The van der Waals surface area contributed by atoms with Gasteiger partial charge in [-0.1, -0.05) is 32.0 Å². The fraction of sp³-hybridized carbons (Fsp3) is 0.625. The van der Waals surface area contributed by atoms with Crippen molar-refractivity contribution in [3.63, 3.8) is 0 Å². The predicted molar refractivity (Wildman–Crippen MR) is 77.9 cm³/mol. The van der Waals surface area contributed by atoms with Gasteiger partial charge in [0.05, 0.1) is 0 Å². The molecule has 0 aromatic heterocycles. The van der Waals surface area contributed by atoms with E-state index in [0.717, 1.165) is 31.6 Å². The van der Waals surface area contributed by atoms with Crippen molar-refractivity contribution in [2.75, 3.05) is 19.6 Å². The molecular formula is C16H25FN2. The predicted octanol–water partition coefficient (Wildman–Crippen LogP) is 2.84. The molecule has 0 aliphatic carbocycles. The van der Waals surface area contributed by atoms with Crippen LogP contribution in [0.15, 0.2) is 24.3 Å². The Labute approximate surface area is 115 Å². The standard InChI is InChI=1S/C16H25FN2/c1-16(2,14-7-3-4-8-15(14)17)12-18-11-9-13-6-5-10-19-13/h3-4,7-8,13,18-19H,5-6,9-12H2,1-2H3. The van der Waals surface area contributed by atoms with Gasteiger partial charge in [-0.2, -0.15) is 0 Å². The summed E-state index contributed by atoms with van der Waals surface area (Å²) in [4.78, 5) is 0. The van der Waals surface area contributed by atoms with Gasteiger partial charge in [0.25, 0.3) is 0 Å². The van der Waals surface area contributed by atoms with Crippen LogP contribution in [0.3, 0.4) is 0 Å². The second-order valence-corrected chi connectivity index (χ2v) is 6.12. The molecule has 3 heteroatoms. The lowest BCUT2D eigenvalue weighted by Gasteiger charge is -2.26. The minimum absolute atomic E-state index is 0.105. The van der Waals surface area contributed by atoms with Gasteiger partial charge in [-0.3, -0.25) is 0 Å². The van der Waals surface area contributed by atoms with Gasteiger partial charge in [0.1, 0.15) is 5.82 Å². The zero-order chi connectivity index (χ0) is 13.7. The Hall–Kier alpha value is -0.930. The molecule has 19 heavy (non-hydrogen) atoms. The molecule has 1 aromatic rings. The van der Waals surface area contributed by atoms with Gasteiger partial charge in [0.15, 0.2) is 0 Å². The molecule has 1 unspecified atom stereocenters. The van der Waals surface area contributed by atoms with Crippen molar-refractivity contribution < 1.29 is 4.39 Å². The monoisotopic (exact) mass is 264 g/mol. The van der Waals surface area contributed by atoms with Gasteiger partial charge < -0.3 is 10.6 Å². The van der Waals surface area contributed by atoms with Gasteiger partial charge in [-0.25, -0.2) is 4.39 Å². The average molecular weight is 264 g/mol. The van der Waals surface area contributed by atoms with Crippen molar-refractivity contribution in [3.05, 3.63) is 35.6 Å². The first kappa shape index (κ1) is 14.5. The fourth-order valence-corrected chi connectivity index (χ4v) is 2.79. The maximum absolute atomic E-state index is 13.8. The van der Waals surface area contributed by atoms with Crippen LogP contribution < -0.4 is 10.6 Å². The number of hydrogen-bond acceptors (Lipinski definition) is 2. The normalized spacial score (nSPS) is 19.8. The third-order valence-corrected chi connectivity index (χ3v) is 4.00. The van der Waals surface area contributed by atoms with Crippen LogP contribution in [0.5, 0.6) is 0 Å². The van der Waals surface area contributed by atoms with Crippen LogP contribution in [0.1, 0.15) is 38.7 Å². The van der Waals surface area contributed by atoms with Crippen LogP contribution >= 0.6 is 0 Å². The molecule has 106 valence electrons. The first-order chi connectivity index (χ1) is 9.09. The van der Waals surface area contributed by atoms with Crippen LogP contribution in [0.4, 0.5) is 4.39 Å². The Morgan fingerprint density at radius 1 is 1.37 bits per heavy atom. The molecule has 1 aromatic carbocycles. The van der Waals surface area contributed by atoms with Crippen LogP contribution in [-0.2, 0) is 5.41 Å². The van der Waals surface area contributed by atoms with E-state index in [2.05, 4.69) is 24.5 Å². The zero-order valence-corrected chi connectivity index (χ0v) is 12.0. The van der Waals surface area contributed by atoms with E-state index in [9.17, 15) is 4.39 Å². The maximum Gasteiger partial charge on any atom is 0.126 e. The lowest BCUT2D eigenvalue weighted by atomic mass is 9.84. The van der Waals surface area contributed by atoms with Crippen molar-refractivity contribution in [2.45, 2.75) is 44.6 Å². The SMILES string of the molecule is CC(C)(CNCCC1CCCN1)c1ccccc1F. The van der Waals surface area contributed by atoms with Crippen molar-refractivity contribution in [1.82, 2.24) is 10.6 Å². The van der Waals surface area contributed by atoms with Crippen molar-refractivity contribution >= 4 is 0 Å². The number of rotatable bonds is 6. The number of benzene rings is 1. The molecule has 2 rings (SSSR count). The molecule has 1 heterocycles. The van der Waals surface area contributed by atoms with E-state index in [1.165, 1.54) is 12.8 Å². The smallest absolute Gasteiger partial charge is 0.126 e. The molecule has 1 aliphatic rings. The summed E-state index contributed by atoms with van der Waals surface area (Å²) >= 11 is 0. The van der Waals surface area contributed by atoms with E-state index in [-0.39, 0.29) is 11.2 Å². The Kier molecular flexibility index (Phi) is 4.94. The molecule has 0 radical (unpaired) electrons. The molecule has 1 fully saturated rings. The summed E-state index contributed by atoms with van der Waals surface area (Å²) in [5.41, 5.74) is 0.621. The summed E-state index contributed by atoms with van der Waals surface area (Å²) in [6.45, 7) is 7.14. The highest BCUT2D eigenvalue weighted by atomic mass is 19.1. The summed E-state index contributed by atoms with van der Waals surface area (Å²) < 4.78 is 13.8. The van der Waals surface area contributed by atoms with Gasteiger partial charge in [0, 0.05) is 18.0 Å². The van der Waals surface area contributed by atoms with E-state index >= 15 is 0 Å². The Morgan fingerprint density at radius 3 is 2.84 bits per heavy atom. The molecule has 1 saturated heterocycles. The number of halogens is 1. The quantitative estimate of drug-likeness (QED) is 0.772. The highest BCUT2D eigenvalue weighted by Crippen LogP contribution is 2.24. The van der Waals surface area contributed by atoms with Gasteiger partial charge in [-0.15, -0.1) is 0 Å². The molecule has 2 N–H and O–H groups in total. The Morgan fingerprint density at radius 2 is 2.16 bits per heavy atom. The molecule has 2 nitrogen and oxygen atoms in total. The van der Waals surface area contributed by atoms with Crippen molar-refractivity contribution in [3.8, 4) is 0 Å². The summed E-state index contributed by atoms with van der Waals surface area (Å²) in [6.07, 6.45) is 3.75. The second-order valence-electron chi connectivity index (χ2n) is 6.12. The molecule has 0 bridgehead atoms.